The number of hydrogen-bond acceptors (Lipinski definition) is 3. The highest BCUT2D eigenvalue weighted by Gasteiger charge is 2.17. The third kappa shape index (κ3) is 2.81. The molecule has 0 radical (unpaired) electrons. The van der Waals surface area contributed by atoms with Gasteiger partial charge in [0.15, 0.2) is 11.5 Å². The Hall–Kier alpha value is -2.99. The molecule has 1 aliphatic heterocycles. The van der Waals surface area contributed by atoms with Crippen molar-refractivity contribution in [1.29, 1.82) is 0 Å². The first-order chi connectivity index (χ1) is 13.6. The van der Waals surface area contributed by atoms with Gasteiger partial charge in [-0.25, -0.2) is 9.37 Å². The number of piperidine rings is 1. The van der Waals surface area contributed by atoms with Crippen LogP contribution in [0.4, 0.5) is 4.39 Å². The number of imidazole rings is 1. The molecule has 1 fully saturated rings. The third-order valence-electron chi connectivity index (χ3n) is 5.59. The van der Waals surface area contributed by atoms with E-state index in [0.717, 1.165) is 48.1 Å². The zero-order valence-corrected chi connectivity index (χ0v) is 15.7. The van der Waals surface area contributed by atoms with Gasteiger partial charge in [-0.05, 0) is 68.1 Å². The molecule has 1 aliphatic rings. The van der Waals surface area contributed by atoms with E-state index in [4.69, 9.17) is 0 Å². The van der Waals surface area contributed by atoms with Crippen LogP contribution in [0.1, 0.15) is 24.6 Å². The summed E-state index contributed by atoms with van der Waals surface area (Å²) in [5, 5.41) is 4.90. The summed E-state index contributed by atoms with van der Waals surface area (Å²) in [6.45, 7) is 3.72. The van der Waals surface area contributed by atoms with Crippen LogP contribution in [-0.4, -0.2) is 27.0 Å². The summed E-state index contributed by atoms with van der Waals surface area (Å²) in [5.41, 5.74) is 2.77. The summed E-state index contributed by atoms with van der Waals surface area (Å²) in [4.78, 5) is 17.2. The number of pyridine rings is 2. The molecule has 3 aromatic heterocycles. The van der Waals surface area contributed by atoms with E-state index in [-0.39, 0.29) is 17.4 Å². The van der Waals surface area contributed by atoms with E-state index < -0.39 is 0 Å². The summed E-state index contributed by atoms with van der Waals surface area (Å²) in [5.74, 6) is -0.355. The van der Waals surface area contributed by atoms with Gasteiger partial charge in [0.2, 0.25) is 0 Å². The highest BCUT2D eigenvalue weighted by atomic mass is 19.1. The molecular formula is C22H21FN4O. The average molecular weight is 376 g/mol. The fraction of sp³-hybridized carbons (Fsp3) is 0.273. The van der Waals surface area contributed by atoms with Gasteiger partial charge in [0.05, 0.1) is 5.69 Å². The van der Waals surface area contributed by atoms with Crippen molar-refractivity contribution >= 4 is 16.4 Å². The van der Waals surface area contributed by atoms with Crippen molar-refractivity contribution in [1.82, 2.24) is 19.3 Å². The Balaban J connectivity index is 1.59. The minimum Gasteiger partial charge on any atom is -0.317 e. The first-order valence-corrected chi connectivity index (χ1v) is 9.61. The Bertz CT molecular complexity index is 1250. The number of nitrogens with zero attached hydrogens (tertiary/aromatic N) is 3. The first kappa shape index (κ1) is 17.1. The van der Waals surface area contributed by atoms with Crippen LogP contribution in [0.25, 0.3) is 27.5 Å². The molecule has 0 aliphatic carbocycles. The van der Waals surface area contributed by atoms with Gasteiger partial charge >= 0.3 is 0 Å². The molecule has 0 saturated carbocycles. The van der Waals surface area contributed by atoms with Crippen molar-refractivity contribution in [2.75, 3.05) is 13.1 Å². The predicted octanol–water partition coefficient (Wildman–Crippen LogP) is 3.69. The Morgan fingerprint density at radius 2 is 1.93 bits per heavy atom. The standard InChI is InChI=1S/C22H21FN4O/c1-14-12-26-13-17(11-20(23)21(26)25-14)15-2-3-19-16(10-15)6-9-27(22(19)28)18-4-7-24-8-5-18/h2-3,6,9-13,18,24H,4-5,7-8H2,1H3. The maximum Gasteiger partial charge on any atom is 0.258 e. The maximum absolute atomic E-state index is 14.4. The normalized spacial score (nSPS) is 15.5. The minimum absolute atomic E-state index is 0.0443. The Kier molecular flexibility index (Phi) is 4.02. The number of benzene rings is 1. The molecule has 1 aromatic carbocycles. The van der Waals surface area contributed by atoms with Crippen molar-refractivity contribution in [3.05, 3.63) is 70.8 Å². The molecule has 0 atom stereocenters. The molecular weight excluding hydrogens is 355 g/mol. The van der Waals surface area contributed by atoms with Crippen molar-refractivity contribution in [3.8, 4) is 11.1 Å². The summed E-state index contributed by atoms with van der Waals surface area (Å²) >= 11 is 0. The summed E-state index contributed by atoms with van der Waals surface area (Å²) < 4.78 is 18.0. The van der Waals surface area contributed by atoms with E-state index in [9.17, 15) is 9.18 Å². The van der Waals surface area contributed by atoms with Gasteiger partial charge < -0.3 is 14.3 Å². The molecule has 1 N–H and O–H groups in total. The van der Waals surface area contributed by atoms with Gasteiger partial charge in [-0.3, -0.25) is 4.79 Å². The molecule has 142 valence electrons. The van der Waals surface area contributed by atoms with Crippen LogP contribution in [-0.2, 0) is 0 Å². The minimum atomic E-state index is -0.355. The van der Waals surface area contributed by atoms with Gasteiger partial charge in [-0.15, -0.1) is 0 Å². The molecule has 0 bridgehead atoms. The topological polar surface area (TPSA) is 51.3 Å². The molecule has 6 heteroatoms. The molecule has 28 heavy (non-hydrogen) atoms. The number of halogens is 1. The van der Waals surface area contributed by atoms with E-state index in [2.05, 4.69) is 10.3 Å². The van der Waals surface area contributed by atoms with Crippen LogP contribution < -0.4 is 10.9 Å². The zero-order chi connectivity index (χ0) is 19.3. The predicted molar refractivity (Wildman–Crippen MR) is 108 cm³/mol. The quantitative estimate of drug-likeness (QED) is 0.581. The van der Waals surface area contributed by atoms with Crippen LogP contribution in [0.5, 0.6) is 0 Å². The summed E-state index contributed by atoms with van der Waals surface area (Å²) in [7, 11) is 0. The molecule has 0 amide bonds. The fourth-order valence-corrected chi connectivity index (χ4v) is 4.15. The van der Waals surface area contributed by atoms with Crippen LogP contribution in [0.2, 0.25) is 0 Å². The second-order valence-corrected chi connectivity index (χ2v) is 7.50. The van der Waals surface area contributed by atoms with Crippen LogP contribution in [0.15, 0.2) is 53.7 Å². The number of rotatable bonds is 2. The number of hydrogen-bond donors (Lipinski definition) is 1. The van der Waals surface area contributed by atoms with Crippen molar-refractivity contribution in [3.63, 3.8) is 0 Å². The number of fused-ring (bicyclic) bond motifs is 2. The largest absolute Gasteiger partial charge is 0.317 e. The molecule has 5 rings (SSSR count). The van der Waals surface area contributed by atoms with Gasteiger partial charge in [0.25, 0.3) is 5.56 Å². The lowest BCUT2D eigenvalue weighted by atomic mass is 10.0. The number of nitrogens with one attached hydrogen (secondary N) is 1. The van der Waals surface area contributed by atoms with Crippen molar-refractivity contribution in [2.24, 2.45) is 0 Å². The monoisotopic (exact) mass is 376 g/mol. The van der Waals surface area contributed by atoms with Crippen LogP contribution in [0.3, 0.4) is 0 Å². The van der Waals surface area contributed by atoms with Crippen LogP contribution >= 0.6 is 0 Å². The highest BCUT2D eigenvalue weighted by molar-refractivity contribution is 5.86. The summed E-state index contributed by atoms with van der Waals surface area (Å²) in [6.07, 6.45) is 7.50. The molecule has 0 unspecified atom stereocenters. The average Bonchev–Trinajstić information content (AvgIpc) is 3.09. The molecule has 0 spiro atoms. The van der Waals surface area contributed by atoms with Gasteiger partial charge in [-0.2, -0.15) is 0 Å². The van der Waals surface area contributed by atoms with E-state index >= 15 is 0 Å². The summed E-state index contributed by atoms with van der Waals surface area (Å²) in [6, 6.07) is 9.43. The van der Waals surface area contributed by atoms with Gasteiger partial charge in [0, 0.05) is 35.6 Å². The van der Waals surface area contributed by atoms with Crippen molar-refractivity contribution in [2.45, 2.75) is 25.8 Å². The van der Waals surface area contributed by atoms with Crippen molar-refractivity contribution < 1.29 is 4.39 Å². The van der Waals surface area contributed by atoms with E-state index in [1.54, 1.807) is 10.6 Å². The van der Waals surface area contributed by atoms with E-state index in [1.807, 2.05) is 48.1 Å². The second kappa shape index (κ2) is 6.56. The lowest BCUT2D eigenvalue weighted by molar-refractivity contribution is 0.362. The number of aromatic nitrogens is 3. The molecule has 4 aromatic rings. The Morgan fingerprint density at radius 3 is 2.75 bits per heavy atom. The first-order valence-electron chi connectivity index (χ1n) is 9.61. The lowest BCUT2D eigenvalue weighted by Gasteiger charge is -2.25. The number of aryl methyl sites for hydroxylation is 1. The van der Waals surface area contributed by atoms with E-state index in [0.29, 0.717) is 11.0 Å². The Morgan fingerprint density at radius 1 is 1.11 bits per heavy atom. The molecule has 4 heterocycles. The van der Waals surface area contributed by atoms with Gasteiger partial charge in [0.1, 0.15) is 0 Å². The SMILES string of the molecule is Cc1cn2cc(-c3ccc4c(=O)n(C5CCNCC5)ccc4c3)cc(F)c2n1. The third-order valence-corrected chi connectivity index (χ3v) is 5.59. The fourth-order valence-electron chi connectivity index (χ4n) is 4.15. The highest BCUT2D eigenvalue weighted by Crippen LogP contribution is 2.26. The van der Waals surface area contributed by atoms with E-state index in [1.165, 1.54) is 6.07 Å². The Labute approximate surface area is 161 Å². The van der Waals surface area contributed by atoms with Crippen LogP contribution in [0, 0.1) is 12.7 Å². The zero-order valence-electron chi connectivity index (χ0n) is 15.7. The molecule has 1 saturated heterocycles. The van der Waals surface area contributed by atoms with Gasteiger partial charge in [-0.1, -0.05) is 6.07 Å². The second-order valence-electron chi connectivity index (χ2n) is 7.50. The maximum atomic E-state index is 14.4. The molecule has 5 nitrogen and oxygen atoms in total. The lowest BCUT2D eigenvalue weighted by Crippen LogP contribution is -2.34. The smallest absolute Gasteiger partial charge is 0.258 e.